The third-order valence-corrected chi connectivity index (χ3v) is 2.51. The van der Waals surface area contributed by atoms with Gasteiger partial charge < -0.3 is 10.8 Å². The molecule has 1 atom stereocenters. The Hall–Kier alpha value is -0.750. The molecule has 0 saturated carbocycles. The van der Waals surface area contributed by atoms with Crippen molar-refractivity contribution in [2.24, 2.45) is 5.73 Å². The Morgan fingerprint density at radius 2 is 2.00 bits per heavy atom. The average Bonchev–Trinajstić information content (AvgIpc) is 2.06. The fraction of sp³-hybridized carbons (Fsp3) is 0.333. The van der Waals surface area contributed by atoms with Crippen LogP contribution in [0.15, 0.2) is 22.7 Å². The van der Waals surface area contributed by atoms with Crippen LogP contribution in [0.3, 0.4) is 0 Å². The van der Waals surface area contributed by atoms with Crippen LogP contribution >= 0.6 is 15.9 Å². The minimum absolute atomic E-state index is 0.0849. The maximum absolute atomic E-state index is 12.1. The van der Waals surface area contributed by atoms with Crippen LogP contribution in [0, 0.1) is 0 Å². The second kappa shape index (κ2) is 4.40. The smallest absolute Gasteiger partial charge is 0.390 e. The van der Waals surface area contributed by atoms with Crippen LogP contribution in [0.5, 0.6) is 5.75 Å². The van der Waals surface area contributed by atoms with Crippen molar-refractivity contribution in [1.82, 2.24) is 0 Å². The van der Waals surface area contributed by atoms with Crippen LogP contribution in [-0.2, 0) is 0 Å². The first-order valence-electron chi connectivity index (χ1n) is 4.11. The Bertz CT molecular complexity index is 354. The molecule has 0 radical (unpaired) electrons. The molecule has 0 aromatic heterocycles. The number of benzene rings is 1. The molecule has 15 heavy (non-hydrogen) atoms. The largest absolute Gasteiger partial charge is 0.506 e. The molecule has 0 amide bonds. The number of nitrogens with two attached hydrogens (primary N) is 1. The molecule has 0 aliphatic rings. The molecule has 0 spiro atoms. The van der Waals surface area contributed by atoms with Gasteiger partial charge in [-0.1, -0.05) is 12.1 Å². The standard InChI is InChI=1S/C9H9BrF3NO/c10-6-3-1-2-5(8(6)15)7(14)4-9(11,12)13/h1-3,7,15H,4,14H2/t7-/m0/s1. The number of phenolic OH excluding ortho intramolecular Hbond substituents is 1. The molecule has 0 unspecified atom stereocenters. The maximum atomic E-state index is 12.1. The normalized spacial score (nSPS) is 13.9. The first-order chi connectivity index (χ1) is 6.81. The number of para-hydroxylation sites is 1. The molecular formula is C9H9BrF3NO. The van der Waals surface area contributed by atoms with E-state index < -0.39 is 18.6 Å². The van der Waals surface area contributed by atoms with Crippen LogP contribution in [0.4, 0.5) is 13.2 Å². The van der Waals surface area contributed by atoms with Crippen LogP contribution in [0.1, 0.15) is 18.0 Å². The van der Waals surface area contributed by atoms with Crippen LogP contribution in [0.25, 0.3) is 0 Å². The van der Waals surface area contributed by atoms with Gasteiger partial charge in [-0.3, -0.25) is 0 Å². The molecule has 0 aliphatic carbocycles. The van der Waals surface area contributed by atoms with Crippen molar-refractivity contribution in [2.45, 2.75) is 18.6 Å². The number of hydrogen-bond donors (Lipinski definition) is 2. The molecule has 84 valence electrons. The van der Waals surface area contributed by atoms with Crippen LogP contribution in [-0.4, -0.2) is 11.3 Å². The molecule has 1 rings (SSSR count). The summed E-state index contributed by atoms with van der Waals surface area (Å²) in [5.74, 6) is -0.241. The van der Waals surface area contributed by atoms with Gasteiger partial charge in [0.25, 0.3) is 0 Å². The summed E-state index contributed by atoms with van der Waals surface area (Å²) in [7, 11) is 0. The van der Waals surface area contributed by atoms with Crippen molar-refractivity contribution in [3.05, 3.63) is 28.2 Å². The zero-order valence-electron chi connectivity index (χ0n) is 7.55. The Balaban J connectivity index is 2.92. The second-order valence-electron chi connectivity index (χ2n) is 3.10. The SMILES string of the molecule is N[C@@H](CC(F)(F)F)c1cccc(Br)c1O. The lowest BCUT2D eigenvalue weighted by Gasteiger charge is -2.16. The van der Waals surface area contributed by atoms with E-state index in [1.807, 2.05) is 0 Å². The summed E-state index contributed by atoms with van der Waals surface area (Å²) in [5.41, 5.74) is 5.43. The van der Waals surface area contributed by atoms with E-state index in [0.717, 1.165) is 0 Å². The highest BCUT2D eigenvalue weighted by molar-refractivity contribution is 9.10. The topological polar surface area (TPSA) is 46.2 Å². The summed E-state index contributed by atoms with van der Waals surface area (Å²) in [4.78, 5) is 0. The molecule has 0 bridgehead atoms. The average molecular weight is 284 g/mol. The van der Waals surface area contributed by atoms with Gasteiger partial charge in [-0.2, -0.15) is 13.2 Å². The van der Waals surface area contributed by atoms with Crippen molar-refractivity contribution >= 4 is 15.9 Å². The Morgan fingerprint density at radius 1 is 1.40 bits per heavy atom. The van der Waals surface area contributed by atoms with E-state index in [4.69, 9.17) is 5.73 Å². The highest BCUT2D eigenvalue weighted by Gasteiger charge is 2.31. The van der Waals surface area contributed by atoms with Crippen molar-refractivity contribution in [2.75, 3.05) is 0 Å². The van der Waals surface area contributed by atoms with Gasteiger partial charge in [0.2, 0.25) is 0 Å². The summed E-state index contributed by atoms with van der Waals surface area (Å²) in [5, 5.41) is 9.47. The molecule has 0 heterocycles. The molecule has 0 aliphatic heterocycles. The van der Waals surface area contributed by atoms with E-state index in [1.165, 1.54) is 18.2 Å². The first kappa shape index (κ1) is 12.3. The molecule has 1 aromatic rings. The molecule has 0 fully saturated rings. The van der Waals surface area contributed by atoms with Crippen molar-refractivity contribution < 1.29 is 18.3 Å². The van der Waals surface area contributed by atoms with E-state index in [-0.39, 0.29) is 11.3 Å². The first-order valence-corrected chi connectivity index (χ1v) is 4.90. The second-order valence-corrected chi connectivity index (χ2v) is 3.96. The number of rotatable bonds is 2. The van der Waals surface area contributed by atoms with Gasteiger partial charge in [0.1, 0.15) is 5.75 Å². The quantitative estimate of drug-likeness (QED) is 0.876. The summed E-state index contributed by atoms with van der Waals surface area (Å²) in [6.45, 7) is 0. The number of hydrogen-bond acceptors (Lipinski definition) is 2. The van der Waals surface area contributed by atoms with E-state index in [1.54, 1.807) is 0 Å². The van der Waals surface area contributed by atoms with Crippen LogP contribution in [0.2, 0.25) is 0 Å². The van der Waals surface area contributed by atoms with Gasteiger partial charge in [0, 0.05) is 11.6 Å². The van der Waals surface area contributed by atoms with Crippen molar-refractivity contribution in [1.29, 1.82) is 0 Å². The van der Waals surface area contributed by atoms with Gasteiger partial charge >= 0.3 is 6.18 Å². The summed E-state index contributed by atoms with van der Waals surface area (Å²) >= 11 is 3.01. The number of aromatic hydroxyl groups is 1. The zero-order valence-corrected chi connectivity index (χ0v) is 9.14. The van der Waals surface area contributed by atoms with E-state index in [0.29, 0.717) is 4.47 Å². The third kappa shape index (κ3) is 3.39. The highest BCUT2D eigenvalue weighted by atomic mass is 79.9. The monoisotopic (exact) mass is 283 g/mol. The lowest BCUT2D eigenvalue weighted by Crippen LogP contribution is -2.20. The third-order valence-electron chi connectivity index (χ3n) is 1.87. The minimum Gasteiger partial charge on any atom is -0.506 e. The number of halogens is 4. The van der Waals surface area contributed by atoms with Crippen molar-refractivity contribution in [3.63, 3.8) is 0 Å². The lowest BCUT2D eigenvalue weighted by atomic mass is 10.0. The molecule has 2 nitrogen and oxygen atoms in total. The molecule has 3 N–H and O–H groups in total. The maximum Gasteiger partial charge on any atom is 0.390 e. The summed E-state index contributed by atoms with van der Waals surface area (Å²) < 4.78 is 36.5. The summed E-state index contributed by atoms with van der Waals surface area (Å²) in [6, 6.07) is 3.17. The Kier molecular flexibility index (Phi) is 3.62. The van der Waals surface area contributed by atoms with E-state index >= 15 is 0 Å². The van der Waals surface area contributed by atoms with Gasteiger partial charge in [-0.15, -0.1) is 0 Å². The van der Waals surface area contributed by atoms with Gasteiger partial charge in [0.15, 0.2) is 0 Å². The summed E-state index contributed by atoms with van der Waals surface area (Å²) in [6.07, 6.45) is -5.49. The molecule has 1 aromatic carbocycles. The predicted octanol–water partition coefficient (Wildman–Crippen LogP) is 3.11. The van der Waals surface area contributed by atoms with Gasteiger partial charge in [-0.05, 0) is 22.0 Å². The Morgan fingerprint density at radius 3 is 2.53 bits per heavy atom. The lowest BCUT2D eigenvalue weighted by molar-refractivity contribution is -0.138. The van der Waals surface area contributed by atoms with E-state index in [9.17, 15) is 18.3 Å². The number of alkyl halides is 3. The fourth-order valence-corrected chi connectivity index (χ4v) is 1.57. The van der Waals surface area contributed by atoms with Gasteiger partial charge in [-0.25, -0.2) is 0 Å². The van der Waals surface area contributed by atoms with Crippen molar-refractivity contribution in [3.8, 4) is 5.75 Å². The van der Waals surface area contributed by atoms with Crippen LogP contribution < -0.4 is 5.73 Å². The highest BCUT2D eigenvalue weighted by Crippen LogP contribution is 2.35. The van der Waals surface area contributed by atoms with Gasteiger partial charge in [0.05, 0.1) is 10.9 Å². The van der Waals surface area contributed by atoms with E-state index in [2.05, 4.69) is 15.9 Å². The molecular weight excluding hydrogens is 275 g/mol. The Labute approximate surface area is 93.0 Å². The zero-order chi connectivity index (χ0) is 11.6. The number of phenols is 1. The predicted molar refractivity (Wildman–Crippen MR) is 53.4 cm³/mol. The molecule has 0 saturated heterocycles. The molecule has 6 heteroatoms. The fourth-order valence-electron chi connectivity index (χ4n) is 1.19. The minimum atomic E-state index is -4.34.